The van der Waals surface area contributed by atoms with Crippen LogP contribution < -0.4 is 5.73 Å². The number of phosphoric acid groups is 1. The monoisotopic (exact) mass is 752 g/mol. The van der Waals surface area contributed by atoms with E-state index in [1.54, 1.807) is 0 Å². The molecule has 0 aliphatic rings. The van der Waals surface area contributed by atoms with Gasteiger partial charge in [-0.05, 0) is 77.0 Å². The van der Waals surface area contributed by atoms with Crippen LogP contribution >= 0.6 is 7.82 Å². The molecule has 0 aromatic rings. The number of rotatable bonds is 39. The van der Waals surface area contributed by atoms with Gasteiger partial charge in [-0.15, -0.1) is 0 Å². The van der Waals surface area contributed by atoms with E-state index >= 15 is 0 Å². The van der Waals surface area contributed by atoms with Gasteiger partial charge < -0.3 is 20.1 Å². The second kappa shape index (κ2) is 40.4. The van der Waals surface area contributed by atoms with Crippen LogP contribution in [0, 0.1) is 0 Å². The molecule has 0 fully saturated rings. The highest BCUT2D eigenvalue weighted by Crippen LogP contribution is 2.43. The topological polar surface area (TPSA) is 117 Å². The highest BCUT2D eigenvalue weighted by atomic mass is 31.2. The molecule has 0 saturated heterocycles. The van der Waals surface area contributed by atoms with Crippen LogP contribution in [0.2, 0.25) is 0 Å². The van der Waals surface area contributed by atoms with Gasteiger partial charge in [0.25, 0.3) is 0 Å². The summed E-state index contributed by atoms with van der Waals surface area (Å²) in [6.45, 7) is 4.72. The van der Waals surface area contributed by atoms with E-state index < -0.39 is 13.9 Å². The first-order chi connectivity index (χ1) is 25.4. The maximum Gasteiger partial charge on any atom is 0.472 e. The Balaban J connectivity index is 4.06. The zero-order valence-corrected chi connectivity index (χ0v) is 34.2. The molecule has 0 bridgehead atoms. The number of nitrogens with two attached hydrogens (primary N) is 1. The molecule has 0 amide bonds. The van der Waals surface area contributed by atoms with E-state index in [1.807, 2.05) is 0 Å². The van der Waals surface area contributed by atoms with E-state index in [1.165, 1.54) is 83.5 Å². The van der Waals surface area contributed by atoms with Crippen molar-refractivity contribution < 1.29 is 32.8 Å². The molecule has 52 heavy (non-hydrogen) atoms. The number of phosphoric ester groups is 1. The maximum absolute atomic E-state index is 12.5. The zero-order chi connectivity index (χ0) is 38.1. The van der Waals surface area contributed by atoms with E-state index in [4.69, 9.17) is 24.3 Å². The highest BCUT2D eigenvalue weighted by molar-refractivity contribution is 7.47. The summed E-state index contributed by atoms with van der Waals surface area (Å²) in [7, 11) is -4.28. The smallest absolute Gasteiger partial charge is 0.457 e. The molecular formula is C43H78NO7P. The average Bonchev–Trinajstić information content (AvgIpc) is 3.13. The predicted octanol–water partition coefficient (Wildman–Crippen LogP) is 12.2. The Morgan fingerprint density at radius 3 is 1.62 bits per heavy atom. The summed E-state index contributed by atoms with van der Waals surface area (Å²) >= 11 is 0. The van der Waals surface area contributed by atoms with Crippen LogP contribution in [0.3, 0.4) is 0 Å². The zero-order valence-electron chi connectivity index (χ0n) is 33.3. The standard InChI is InChI=1S/C43H78NO7P/c1-3-5-7-9-11-13-15-17-18-19-20-21-22-23-25-27-29-31-33-35-38-48-40-42(41-50-52(46,47)49-39-37-44)51-43(45)36-34-32-30-28-26-24-16-14-12-10-8-6-4-2/h6,8,11-14,17-18,24,26,42H,3-5,7,9-10,15-16,19-23,25,27-41,44H2,1-2H3,(H,46,47)/b8-6-,13-11-,14-12-,18-17-,26-24-. The lowest BCUT2D eigenvalue weighted by atomic mass is 10.1. The minimum absolute atomic E-state index is 0.0924. The van der Waals surface area contributed by atoms with Crippen molar-refractivity contribution in [3.05, 3.63) is 60.8 Å². The van der Waals surface area contributed by atoms with Gasteiger partial charge in [0, 0.05) is 19.6 Å². The summed E-state index contributed by atoms with van der Waals surface area (Å²) in [6.07, 6.45) is 48.1. The summed E-state index contributed by atoms with van der Waals surface area (Å²) in [4.78, 5) is 22.4. The molecule has 0 aliphatic heterocycles. The van der Waals surface area contributed by atoms with Crippen LogP contribution in [0.15, 0.2) is 60.8 Å². The van der Waals surface area contributed by atoms with Crippen molar-refractivity contribution in [1.29, 1.82) is 0 Å². The normalized spacial score (nSPS) is 14.2. The summed E-state index contributed by atoms with van der Waals surface area (Å²) in [5.74, 6) is -0.362. The van der Waals surface area contributed by atoms with Crippen LogP contribution in [0.5, 0.6) is 0 Å². The first kappa shape index (κ1) is 50.2. The third-order valence-corrected chi connectivity index (χ3v) is 9.40. The fourth-order valence-electron chi connectivity index (χ4n) is 5.39. The van der Waals surface area contributed by atoms with Gasteiger partial charge in [0.1, 0.15) is 6.10 Å². The predicted molar refractivity (Wildman–Crippen MR) is 219 cm³/mol. The summed E-state index contributed by atoms with van der Waals surface area (Å²) < 4.78 is 33.3. The Morgan fingerprint density at radius 2 is 1.08 bits per heavy atom. The van der Waals surface area contributed by atoms with Crippen molar-refractivity contribution in [2.45, 2.75) is 174 Å². The third kappa shape index (κ3) is 39.4. The molecule has 0 aromatic carbocycles. The Labute approximate surface area is 319 Å². The number of hydrogen-bond acceptors (Lipinski definition) is 7. The van der Waals surface area contributed by atoms with E-state index in [0.717, 1.165) is 64.2 Å². The first-order valence-corrected chi connectivity index (χ1v) is 22.3. The molecule has 8 nitrogen and oxygen atoms in total. The van der Waals surface area contributed by atoms with Gasteiger partial charge in [0.05, 0.1) is 19.8 Å². The number of carbonyl (C=O) groups is 1. The number of esters is 1. The molecule has 0 spiro atoms. The van der Waals surface area contributed by atoms with Crippen molar-refractivity contribution in [2.75, 3.05) is 33.0 Å². The lowest BCUT2D eigenvalue weighted by Gasteiger charge is -2.20. The SMILES string of the molecule is CC/C=C\C/C=C\C/C=C\CCCCCC(=O)OC(COCCCCCCCCCCCC/C=C\C/C=C\CCCCC)COP(=O)(O)OCCN. The van der Waals surface area contributed by atoms with Crippen LogP contribution in [-0.2, 0) is 27.9 Å². The third-order valence-electron chi connectivity index (χ3n) is 8.42. The molecule has 0 rings (SSSR count). The summed E-state index contributed by atoms with van der Waals surface area (Å²) in [5.41, 5.74) is 5.36. The summed E-state index contributed by atoms with van der Waals surface area (Å²) in [5, 5.41) is 0. The van der Waals surface area contributed by atoms with E-state index in [0.29, 0.717) is 6.61 Å². The minimum atomic E-state index is -4.28. The number of carbonyl (C=O) groups excluding carboxylic acids is 1. The van der Waals surface area contributed by atoms with Gasteiger partial charge in [-0.1, -0.05) is 145 Å². The van der Waals surface area contributed by atoms with Gasteiger partial charge in [-0.2, -0.15) is 0 Å². The van der Waals surface area contributed by atoms with Gasteiger partial charge in [0.15, 0.2) is 0 Å². The van der Waals surface area contributed by atoms with Gasteiger partial charge >= 0.3 is 13.8 Å². The molecular weight excluding hydrogens is 673 g/mol. The van der Waals surface area contributed by atoms with Crippen molar-refractivity contribution in [3.63, 3.8) is 0 Å². The molecule has 0 heterocycles. The molecule has 0 radical (unpaired) electrons. The van der Waals surface area contributed by atoms with Crippen molar-refractivity contribution in [1.82, 2.24) is 0 Å². The quantitative estimate of drug-likeness (QED) is 0.0276. The van der Waals surface area contributed by atoms with Crippen molar-refractivity contribution in [3.8, 4) is 0 Å². The average molecular weight is 752 g/mol. The molecule has 0 aromatic heterocycles. The second-order valence-corrected chi connectivity index (χ2v) is 14.9. The Hall–Kier alpha value is -1.80. The minimum Gasteiger partial charge on any atom is -0.457 e. The fraction of sp³-hybridized carbons (Fsp3) is 0.744. The lowest BCUT2D eigenvalue weighted by molar-refractivity contribution is -0.154. The highest BCUT2D eigenvalue weighted by Gasteiger charge is 2.25. The largest absolute Gasteiger partial charge is 0.472 e. The van der Waals surface area contributed by atoms with Crippen LogP contribution in [0.25, 0.3) is 0 Å². The van der Waals surface area contributed by atoms with Crippen LogP contribution in [0.1, 0.15) is 168 Å². The van der Waals surface area contributed by atoms with Gasteiger partial charge in [-0.25, -0.2) is 4.57 Å². The molecule has 2 unspecified atom stereocenters. The number of allylic oxidation sites excluding steroid dienone is 10. The number of unbranched alkanes of at least 4 members (excludes halogenated alkanes) is 16. The Kier molecular flexibility index (Phi) is 39.0. The molecule has 302 valence electrons. The van der Waals surface area contributed by atoms with Gasteiger partial charge in [0.2, 0.25) is 0 Å². The maximum atomic E-state index is 12.5. The van der Waals surface area contributed by atoms with E-state index in [2.05, 4.69) is 74.6 Å². The van der Waals surface area contributed by atoms with Crippen molar-refractivity contribution >= 4 is 13.8 Å². The Morgan fingerprint density at radius 1 is 0.596 bits per heavy atom. The molecule has 2 atom stereocenters. The van der Waals surface area contributed by atoms with Crippen LogP contribution in [-0.4, -0.2) is 49.9 Å². The molecule has 0 saturated carbocycles. The van der Waals surface area contributed by atoms with E-state index in [-0.39, 0.29) is 38.8 Å². The second-order valence-electron chi connectivity index (χ2n) is 13.5. The molecule has 0 aliphatic carbocycles. The van der Waals surface area contributed by atoms with Crippen LogP contribution in [0.4, 0.5) is 0 Å². The number of hydrogen-bond donors (Lipinski definition) is 2. The first-order valence-electron chi connectivity index (χ1n) is 20.8. The molecule has 9 heteroatoms. The van der Waals surface area contributed by atoms with Gasteiger partial charge in [-0.3, -0.25) is 13.8 Å². The molecule has 3 N–H and O–H groups in total. The van der Waals surface area contributed by atoms with Crippen molar-refractivity contribution in [2.24, 2.45) is 5.73 Å². The Bertz CT molecular complexity index is 979. The van der Waals surface area contributed by atoms with E-state index in [9.17, 15) is 14.3 Å². The lowest BCUT2D eigenvalue weighted by Crippen LogP contribution is -2.28. The fourth-order valence-corrected chi connectivity index (χ4v) is 6.16. The summed E-state index contributed by atoms with van der Waals surface area (Å²) in [6, 6.07) is 0. The number of ether oxygens (including phenoxy) is 2.